The average Bonchev–Trinajstić information content (AvgIpc) is 2.53. The van der Waals surface area contributed by atoms with E-state index in [1.807, 2.05) is 34.6 Å². The SMILES string of the molecule is Cn1[c-][n+](Cc2ccccc2)cc1. The summed E-state index contributed by atoms with van der Waals surface area (Å²) in [6, 6.07) is 10.4. The lowest BCUT2D eigenvalue weighted by Crippen LogP contribution is -2.31. The predicted molar refractivity (Wildman–Crippen MR) is 50.0 cm³/mol. The van der Waals surface area contributed by atoms with Crippen LogP contribution < -0.4 is 4.57 Å². The summed E-state index contributed by atoms with van der Waals surface area (Å²) in [5.41, 5.74) is 1.30. The molecule has 0 unspecified atom stereocenters. The molecule has 0 radical (unpaired) electrons. The molecule has 0 aliphatic carbocycles. The molecule has 0 atom stereocenters. The first-order valence-corrected chi connectivity index (χ1v) is 4.32. The van der Waals surface area contributed by atoms with Crippen LogP contribution in [0.3, 0.4) is 0 Å². The summed E-state index contributed by atoms with van der Waals surface area (Å²) in [7, 11) is 1.97. The maximum absolute atomic E-state index is 3.16. The Hall–Kier alpha value is -1.57. The third kappa shape index (κ3) is 1.96. The summed E-state index contributed by atoms with van der Waals surface area (Å²) in [5.74, 6) is 0. The number of hydrogen-bond donors (Lipinski definition) is 0. The summed E-state index contributed by atoms with van der Waals surface area (Å²) >= 11 is 0. The average molecular weight is 172 g/mol. The van der Waals surface area contributed by atoms with Gasteiger partial charge in [-0.15, -0.1) is 0 Å². The number of aromatic nitrogens is 2. The van der Waals surface area contributed by atoms with Crippen LogP contribution in [0.25, 0.3) is 0 Å². The van der Waals surface area contributed by atoms with E-state index < -0.39 is 0 Å². The van der Waals surface area contributed by atoms with Crippen LogP contribution >= 0.6 is 0 Å². The molecule has 0 fully saturated rings. The molecule has 2 nitrogen and oxygen atoms in total. The van der Waals surface area contributed by atoms with Gasteiger partial charge in [0.1, 0.15) is 0 Å². The summed E-state index contributed by atoms with van der Waals surface area (Å²) in [4.78, 5) is 0. The molecule has 0 saturated heterocycles. The molecule has 0 amide bonds. The van der Waals surface area contributed by atoms with Crippen LogP contribution in [0.15, 0.2) is 42.7 Å². The Morgan fingerprint density at radius 1 is 1.31 bits per heavy atom. The number of rotatable bonds is 2. The summed E-state index contributed by atoms with van der Waals surface area (Å²) in [6.45, 7) is 0.891. The normalized spacial score (nSPS) is 10.2. The Morgan fingerprint density at radius 2 is 2.08 bits per heavy atom. The molecule has 1 heterocycles. The van der Waals surface area contributed by atoms with Crippen molar-refractivity contribution in [2.75, 3.05) is 0 Å². The number of aryl methyl sites for hydroxylation is 1. The molecule has 0 spiro atoms. The molecule has 2 rings (SSSR count). The summed E-state index contributed by atoms with van der Waals surface area (Å²) in [6.07, 6.45) is 7.17. The summed E-state index contributed by atoms with van der Waals surface area (Å²) < 4.78 is 3.96. The standard InChI is InChI=1S/C11H12N2/c1-12-7-8-13(10-12)9-11-5-3-2-4-6-11/h2-8H,9H2,1H3. The molecule has 2 heteroatoms. The highest BCUT2D eigenvalue weighted by atomic mass is 15.1. The van der Waals surface area contributed by atoms with Gasteiger partial charge in [0, 0.05) is 0 Å². The van der Waals surface area contributed by atoms with Crippen LogP contribution in [0.2, 0.25) is 0 Å². The van der Waals surface area contributed by atoms with Crippen molar-refractivity contribution in [2.45, 2.75) is 6.54 Å². The minimum Gasteiger partial charge on any atom is -0.354 e. The van der Waals surface area contributed by atoms with Crippen molar-refractivity contribution in [3.8, 4) is 0 Å². The first kappa shape index (κ1) is 8.05. The van der Waals surface area contributed by atoms with Gasteiger partial charge in [-0.3, -0.25) is 0 Å². The van der Waals surface area contributed by atoms with E-state index in [0.717, 1.165) is 6.54 Å². The molecule has 0 N–H and O–H groups in total. The monoisotopic (exact) mass is 172 g/mol. The number of imidazole rings is 1. The molecule has 0 saturated carbocycles. The van der Waals surface area contributed by atoms with Gasteiger partial charge in [-0.25, -0.2) is 0 Å². The fourth-order valence-corrected chi connectivity index (χ4v) is 1.32. The molecule has 0 aliphatic heterocycles. The molecule has 0 aliphatic rings. The molecule has 1 aromatic carbocycles. The quantitative estimate of drug-likeness (QED) is 0.475. The van der Waals surface area contributed by atoms with E-state index in [1.54, 1.807) is 0 Å². The molecule has 1 aromatic heterocycles. The minimum atomic E-state index is 0.891. The Balaban J connectivity index is 2.15. The van der Waals surface area contributed by atoms with Crippen molar-refractivity contribution in [3.05, 3.63) is 54.6 Å². The second-order valence-electron chi connectivity index (χ2n) is 3.12. The van der Waals surface area contributed by atoms with Gasteiger partial charge in [0.05, 0.1) is 13.6 Å². The van der Waals surface area contributed by atoms with Gasteiger partial charge in [-0.05, 0) is 18.0 Å². The van der Waals surface area contributed by atoms with Crippen molar-refractivity contribution in [1.29, 1.82) is 0 Å². The lowest BCUT2D eigenvalue weighted by molar-refractivity contribution is -0.691. The van der Waals surface area contributed by atoms with Crippen molar-refractivity contribution >= 4 is 0 Å². The lowest BCUT2D eigenvalue weighted by Gasteiger charge is -1.99. The minimum absolute atomic E-state index is 0.891. The highest BCUT2D eigenvalue weighted by Crippen LogP contribution is 1.96. The fourth-order valence-electron chi connectivity index (χ4n) is 1.32. The van der Waals surface area contributed by atoms with Crippen molar-refractivity contribution < 1.29 is 4.57 Å². The smallest absolute Gasteiger partial charge is 0.203 e. The zero-order valence-electron chi connectivity index (χ0n) is 7.64. The molecule has 13 heavy (non-hydrogen) atoms. The first-order chi connectivity index (χ1) is 6.34. The molecule has 0 bridgehead atoms. The second kappa shape index (κ2) is 3.44. The van der Waals surface area contributed by atoms with Gasteiger partial charge in [0.2, 0.25) is 6.33 Å². The van der Waals surface area contributed by atoms with Gasteiger partial charge in [0.25, 0.3) is 0 Å². The van der Waals surface area contributed by atoms with Gasteiger partial charge in [0.15, 0.2) is 0 Å². The Labute approximate surface area is 78.1 Å². The molecule has 66 valence electrons. The highest BCUT2D eigenvalue weighted by molar-refractivity contribution is 5.13. The Kier molecular flexibility index (Phi) is 2.13. The topological polar surface area (TPSA) is 8.81 Å². The third-order valence-corrected chi connectivity index (χ3v) is 1.95. The van der Waals surface area contributed by atoms with E-state index >= 15 is 0 Å². The van der Waals surface area contributed by atoms with Gasteiger partial charge in [-0.1, -0.05) is 30.3 Å². The third-order valence-electron chi connectivity index (χ3n) is 1.95. The number of benzene rings is 1. The van der Waals surface area contributed by atoms with E-state index in [2.05, 4.69) is 30.6 Å². The van der Waals surface area contributed by atoms with Gasteiger partial charge < -0.3 is 9.13 Å². The Morgan fingerprint density at radius 3 is 2.69 bits per heavy atom. The van der Waals surface area contributed by atoms with E-state index in [4.69, 9.17) is 0 Å². The maximum Gasteiger partial charge on any atom is 0.203 e. The zero-order valence-corrected chi connectivity index (χ0v) is 7.64. The summed E-state index contributed by atoms with van der Waals surface area (Å²) in [5, 5.41) is 0. The predicted octanol–water partition coefficient (Wildman–Crippen LogP) is 1.16. The number of nitrogens with zero attached hydrogens (tertiary/aromatic N) is 2. The van der Waals surface area contributed by atoms with Crippen molar-refractivity contribution in [2.24, 2.45) is 7.05 Å². The number of hydrogen-bond acceptors (Lipinski definition) is 0. The van der Waals surface area contributed by atoms with E-state index in [0.29, 0.717) is 0 Å². The lowest BCUT2D eigenvalue weighted by atomic mass is 10.2. The van der Waals surface area contributed by atoms with Crippen molar-refractivity contribution in [1.82, 2.24) is 4.57 Å². The van der Waals surface area contributed by atoms with Crippen LogP contribution in [0, 0.1) is 6.33 Å². The van der Waals surface area contributed by atoms with Gasteiger partial charge >= 0.3 is 0 Å². The maximum atomic E-state index is 3.16. The highest BCUT2D eigenvalue weighted by Gasteiger charge is 1.94. The van der Waals surface area contributed by atoms with Crippen LogP contribution in [-0.4, -0.2) is 4.57 Å². The van der Waals surface area contributed by atoms with Crippen LogP contribution in [0.5, 0.6) is 0 Å². The van der Waals surface area contributed by atoms with E-state index in [-0.39, 0.29) is 0 Å². The second-order valence-corrected chi connectivity index (χ2v) is 3.12. The fraction of sp³-hybridized carbons (Fsp3) is 0.182. The van der Waals surface area contributed by atoms with Crippen molar-refractivity contribution in [3.63, 3.8) is 0 Å². The zero-order chi connectivity index (χ0) is 9.10. The largest absolute Gasteiger partial charge is 0.354 e. The van der Waals surface area contributed by atoms with Crippen LogP contribution in [0.4, 0.5) is 0 Å². The van der Waals surface area contributed by atoms with Crippen LogP contribution in [-0.2, 0) is 13.6 Å². The molecular formula is C11H12N2. The molecular weight excluding hydrogens is 160 g/mol. The first-order valence-electron chi connectivity index (χ1n) is 4.32. The van der Waals surface area contributed by atoms with E-state index in [9.17, 15) is 0 Å². The van der Waals surface area contributed by atoms with E-state index in [1.165, 1.54) is 5.56 Å². The van der Waals surface area contributed by atoms with Crippen LogP contribution in [0.1, 0.15) is 5.56 Å². The Bertz CT molecular complexity index is 376. The van der Waals surface area contributed by atoms with Gasteiger partial charge in [-0.2, -0.15) is 0 Å². The molecule has 2 aromatic rings.